The summed E-state index contributed by atoms with van der Waals surface area (Å²) in [5, 5.41) is 0. The van der Waals surface area contributed by atoms with Crippen LogP contribution in [0.4, 0.5) is 11.4 Å². The highest BCUT2D eigenvalue weighted by molar-refractivity contribution is 7.86. The Hall–Kier alpha value is -2.60. The third kappa shape index (κ3) is 8.82. The highest BCUT2D eigenvalue weighted by atomic mass is 32.2. The van der Waals surface area contributed by atoms with Gasteiger partial charge in [-0.25, -0.2) is 16.8 Å². The highest BCUT2D eigenvalue weighted by Gasteiger charge is 2.02. The van der Waals surface area contributed by atoms with Crippen LogP contribution in [0.1, 0.15) is 11.1 Å². The van der Waals surface area contributed by atoms with E-state index in [2.05, 4.69) is 37.4 Å². The van der Waals surface area contributed by atoms with Gasteiger partial charge in [0.2, 0.25) is 0 Å². The molecule has 0 unspecified atom stereocenters. The van der Waals surface area contributed by atoms with Gasteiger partial charge in [0.15, 0.2) is 0 Å². The number of hydrogen-bond acceptors (Lipinski definition) is 6. The minimum absolute atomic E-state index is 0.185. The van der Waals surface area contributed by atoms with Crippen LogP contribution >= 0.6 is 0 Å². The second kappa shape index (κ2) is 11.0. The lowest BCUT2D eigenvalue weighted by atomic mass is 10.1. The Morgan fingerprint density at radius 2 is 0.867 bits per heavy atom. The van der Waals surface area contributed by atoms with Crippen molar-refractivity contribution in [3.63, 3.8) is 0 Å². The van der Waals surface area contributed by atoms with Crippen LogP contribution < -0.4 is 11.5 Å². The number of rotatable bonds is 2. The van der Waals surface area contributed by atoms with Gasteiger partial charge >= 0.3 is 0 Å². The summed E-state index contributed by atoms with van der Waals surface area (Å²) in [5.41, 5.74) is 12.4. The quantitative estimate of drug-likeness (QED) is 0.554. The maximum atomic E-state index is 10.3. The zero-order valence-electron chi connectivity index (χ0n) is 16.6. The Kier molecular flexibility index (Phi) is 9.30. The Morgan fingerprint density at radius 3 is 1.07 bits per heavy atom. The molecular weight excluding hydrogens is 428 g/mol. The van der Waals surface area contributed by atoms with Crippen molar-refractivity contribution in [2.45, 2.75) is 23.6 Å². The fraction of sp³-hybridized carbons (Fsp3) is 0.100. The van der Waals surface area contributed by atoms with Gasteiger partial charge in [0, 0.05) is 23.3 Å². The Labute approximate surface area is 176 Å². The minimum Gasteiger partial charge on any atom is -0.744 e. The van der Waals surface area contributed by atoms with Crippen molar-refractivity contribution in [3.8, 4) is 0 Å². The van der Waals surface area contributed by atoms with Gasteiger partial charge in [0.1, 0.15) is 31.6 Å². The topological polar surface area (TPSA) is 170 Å². The summed E-state index contributed by atoms with van der Waals surface area (Å²) in [5.74, 6) is 0. The van der Waals surface area contributed by atoms with E-state index in [1.54, 1.807) is 12.1 Å². The van der Waals surface area contributed by atoms with Crippen LogP contribution in [-0.4, -0.2) is 25.9 Å². The van der Waals surface area contributed by atoms with E-state index in [9.17, 15) is 25.9 Å². The van der Waals surface area contributed by atoms with Crippen LogP contribution in [0.3, 0.4) is 0 Å². The molecule has 3 aromatic rings. The van der Waals surface area contributed by atoms with E-state index in [4.69, 9.17) is 0 Å². The summed E-state index contributed by atoms with van der Waals surface area (Å²) >= 11 is 0. The second-order valence-electron chi connectivity index (χ2n) is 6.24. The molecule has 0 aliphatic rings. The van der Waals surface area contributed by atoms with Gasteiger partial charge in [-0.05, 0) is 38.1 Å². The van der Waals surface area contributed by atoms with Crippen LogP contribution in [0.5, 0.6) is 0 Å². The first-order valence-electron chi connectivity index (χ1n) is 8.59. The van der Waals surface area contributed by atoms with E-state index in [1.807, 2.05) is 0 Å². The third-order valence-electron chi connectivity index (χ3n) is 3.86. The molecule has 0 fully saturated rings. The average molecular weight is 453 g/mol. The molecule has 0 bridgehead atoms. The standard InChI is InChI=1S/C8H12N2.2C6H6O3S/c1-5-3-8(10)6(2)4-7(5)9;2*7-10(8,9)6-4-2-1-3-5-6/h3-4H,9-10H2,1-2H3;2*1-5H,(H,7,8,9). The van der Waals surface area contributed by atoms with Crippen LogP contribution in [0.2, 0.25) is 0 Å². The van der Waals surface area contributed by atoms with E-state index in [1.165, 1.54) is 59.7 Å². The van der Waals surface area contributed by atoms with E-state index in [0.29, 0.717) is 0 Å². The van der Waals surface area contributed by atoms with Gasteiger partial charge in [-0.15, -0.1) is 0 Å². The highest BCUT2D eigenvalue weighted by Crippen LogP contribution is 2.16. The molecular formula is C20H24N2O6S2. The fourth-order valence-corrected chi connectivity index (χ4v) is 3.09. The van der Waals surface area contributed by atoms with Crippen molar-refractivity contribution in [2.75, 3.05) is 0 Å². The molecule has 0 aliphatic heterocycles. The van der Waals surface area contributed by atoms with E-state index in [-0.39, 0.29) is 9.79 Å². The predicted octanol–water partition coefficient (Wildman–Crippen LogP) is 1.23. The summed E-state index contributed by atoms with van der Waals surface area (Å²) in [7, 11) is -8.51. The van der Waals surface area contributed by atoms with Crippen molar-refractivity contribution in [3.05, 3.63) is 83.9 Å². The molecule has 0 radical (unpaired) electrons. The normalized spacial score (nSPS) is 10.9. The van der Waals surface area contributed by atoms with Crippen LogP contribution in [0.25, 0.3) is 0 Å². The molecule has 10 heteroatoms. The van der Waals surface area contributed by atoms with Crippen LogP contribution in [0.15, 0.2) is 82.6 Å². The monoisotopic (exact) mass is 452 g/mol. The van der Waals surface area contributed by atoms with Gasteiger partial charge < -0.3 is 20.6 Å². The molecule has 8 nitrogen and oxygen atoms in total. The molecule has 6 N–H and O–H groups in total. The van der Waals surface area contributed by atoms with Gasteiger partial charge in [-0.2, -0.15) is 0 Å². The van der Waals surface area contributed by atoms with Gasteiger partial charge in [0.25, 0.3) is 0 Å². The number of aryl methyl sites for hydroxylation is 2. The molecule has 0 aromatic heterocycles. The Morgan fingerprint density at radius 1 is 0.600 bits per heavy atom. The average Bonchev–Trinajstić information content (AvgIpc) is 2.68. The van der Waals surface area contributed by atoms with Gasteiger partial charge in [0.05, 0.1) is 9.79 Å². The van der Waals surface area contributed by atoms with Crippen LogP contribution in [0, 0.1) is 13.8 Å². The predicted molar refractivity (Wildman–Crippen MR) is 110 cm³/mol. The summed E-state index contributed by atoms with van der Waals surface area (Å²) < 4.78 is 61.7. The minimum atomic E-state index is -4.25. The van der Waals surface area contributed by atoms with Crippen molar-refractivity contribution in [1.82, 2.24) is 0 Å². The lowest BCUT2D eigenvalue weighted by molar-refractivity contribution is -0.261. The summed E-state index contributed by atoms with van der Waals surface area (Å²) in [6.07, 6.45) is 0. The maximum Gasteiger partial charge on any atom is 0.131 e. The molecule has 0 saturated heterocycles. The molecule has 162 valence electrons. The summed E-state index contributed by atoms with van der Waals surface area (Å²) in [6.45, 7) is 4.10. The lowest BCUT2D eigenvalue weighted by Crippen LogP contribution is -2.44. The first kappa shape index (κ1) is 25.4. The Balaban J connectivity index is 0.000000225. The summed E-state index contributed by atoms with van der Waals surface area (Å²) in [4.78, 5) is -0.370. The zero-order valence-corrected chi connectivity index (χ0v) is 18.2. The molecule has 0 spiro atoms. The van der Waals surface area contributed by atoms with E-state index < -0.39 is 20.2 Å². The second-order valence-corrected chi connectivity index (χ2v) is 9.00. The number of hydrogen-bond donors (Lipinski definition) is 2. The third-order valence-corrected chi connectivity index (χ3v) is 5.56. The molecule has 0 saturated carbocycles. The first-order valence-corrected chi connectivity index (χ1v) is 11.4. The maximum absolute atomic E-state index is 10.3. The van der Waals surface area contributed by atoms with Crippen molar-refractivity contribution >= 4 is 31.6 Å². The molecule has 3 rings (SSSR count). The van der Waals surface area contributed by atoms with Crippen molar-refractivity contribution < 1.29 is 37.4 Å². The van der Waals surface area contributed by atoms with Crippen LogP contribution in [-0.2, 0) is 20.2 Å². The SMILES string of the molecule is Cc1cc([NH3+])c(C)cc1[NH3+].O=S(=O)([O-])c1ccccc1.O=S(=O)([O-])c1ccccc1. The Bertz CT molecular complexity index is 1050. The molecule has 0 amide bonds. The largest absolute Gasteiger partial charge is 0.744 e. The smallest absolute Gasteiger partial charge is 0.131 e. The van der Waals surface area contributed by atoms with Crippen molar-refractivity contribution in [1.29, 1.82) is 0 Å². The van der Waals surface area contributed by atoms with E-state index >= 15 is 0 Å². The number of benzene rings is 3. The lowest BCUT2D eigenvalue weighted by Gasteiger charge is -2.04. The fourth-order valence-electron chi connectivity index (χ4n) is 2.11. The van der Waals surface area contributed by atoms with Crippen molar-refractivity contribution in [2.24, 2.45) is 0 Å². The molecule has 30 heavy (non-hydrogen) atoms. The summed E-state index contributed by atoms with van der Waals surface area (Å²) in [6, 6.07) is 18.5. The van der Waals surface area contributed by atoms with Gasteiger partial charge in [-0.3, -0.25) is 0 Å². The zero-order chi connectivity index (χ0) is 22.9. The molecule has 3 aromatic carbocycles. The van der Waals surface area contributed by atoms with E-state index in [0.717, 1.165) is 11.4 Å². The number of quaternary nitrogens is 2. The first-order chi connectivity index (χ1) is 13.8. The molecule has 0 aliphatic carbocycles. The molecule has 0 atom stereocenters. The molecule has 0 heterocycles. The van der Waals surface area contributed by atoms with Gasteiger partial charge in [-0.1, -0.05) is 36.4 Å².